The van der Waals surface area contributed by atoms with Gasteiger partial charge in [-0.05, 0) is 62.4 Å². The molecule has 1 heterocycles. The summed E-state index contributed by atoms with van der Waals surface area (Å²) in [6, 6.07) is 21.3. The Kier molecular flexibility index (Phi) is 7.22. The fraction of sp³-hybridized carbons (Fsp3) is 0.148. The first-order valence-electron chi connectivity index (χ1n) is 11.2. The van der Waals surface area contributed by atoms with E-state index in [1.807, 2.05) is 37.3 Å². The van der Waals surface area contributed by atoms with Gasteiger partial charge in [0.2, 0.25) is 11.8 Å². The molecule has 0 spiro atoms. The number of aliphatic carboxylic acids is 1. The quantitative estimate of drug-likeness (QED) is 0.225. The number of carbonyl (C=O) groups excluding carboxylic acids is 2. The van der Waals surface area contributed by atoms with Gasteiger partial charge in [0.15, 0.2) is 0 Å². The molecule has 0 aliphatic rings. The lowest BCUT2D eigenvalue weighted by atomic mass is 10.1. The number of thioether (sulfide) groups is 1. The number of amides is 2. The fourth-order valence-corrected chi connectivity index (χ4v) is 4.79. The van der Waals surface area contributed by atoms with Crippen LogP contribution in [0.15, 0.2) is 83.8 Å². The molecule has 1 aromatic heterocycles. The molecule has 0 bridgehead atoms. The number of nitrogens with zero attached hydrogens (tertiary/aromatic N) is 1. The number of benzene rings is 3. The molecule has 0 saturated heterocycles. The number of nitrogens with one attached hydrogen (secondary N) is 2. The number of aryl methyl sites for hydroxylation is 1. The second-order valence-electron chi connectivity index (χ2n) is 7.93. The third kappa shape index (κ3) is 5.55. The Morgan fingerprint density at radius 2 is 1.60 bits per heavy atom. The van der Waals surface area contributed by atoms with Gasteiger partial charge in [0.1, 0.15) is 0 Å². The maximum Gasteiger partial charge on any atom is 0.328 e. The first-order chi connectivity index (χ1) is 16.9. The molecule has 4 aromatic rings. The van der Waals surface area contributed by atoms with Gasteiger partial charge < -0.3 is 20.3 Å². The van der Waals surface area contributed by atoms with Crippen molar-refractivity contribution >= 4 is 62.7 Å². The second-order valence-corrected chi connectivity index (χ2v) is 9.34. The molecular weight excluding hydrogens is 462 g/mol. The number of aromatic nitrogens is 1. The fourth-order valence-electron chi connectivity index (χ4n) is 3.92. The van der Waals surface area contributed by atoms with Crippen molar-refractivity contribution in [3.05, 3.63) is 78.9 Å². The van der Waals surface area contributed by atoms with Crippen molar-refractivity contribution in [3.63, 3.8) is 0 Å². The molecule has 35 heavy (non-hydrogen) atoms. The summed E-state index contributed by atoms with van der Waals surface area (Å²) in [5, 5.41) is 16.1. The van der Waals surface area contributed by atoms with Crippen LogP contribution in [0.25, 0.3) is 21.8 Å². The van der Waals surface area contributed by atoms with Crippen molar-refractivity contribution in [2.45, 2.75) is 30.5 Å². The Morgan fingerprint density at radius 1 is 0.914 bits per heavy atom. The van der Waals surface area contributed by atoms with Crippen LogP contribution in [0.5, 0.6) is 0 Å². The van der Waals surface area contributed by atoms with Crippen LogP contribution in [0.2, 0.25) is 0 Å². The van der Waals surface area contributed by atoms with Crippen molar-refractivity contribution in [2.24, 2.45) is 0 Å². The Morgan fingerprint density at radius 3 is 2.31 bits per heavy atom. The number of carboxylic acid groups (broad SMARTS) is 1. The molecule has 3 aromatic carbocycles. The molecule has 1 atom stereocenters. The molecule has 2 amide bonds. The predicted octanol–water partition coefficient (Wildman–Crippen LogP) is 5.51. The number of hydrogen-bond donors (Lipinski definition) is 3. The first-order valence-corrected chi connectivity index (χ1v) is 12.0. The third-order valence-electron chi connectivity index (χ3n) is 5.54. The summed E-state index contributed by atoms with van der Waals surface area (Å²) >= 11 is 1.41. The highest BCUT2D eigenvalue weighted by Crippen LogP contribution is 2.31. The Labute approximate surface area is 206 Å². The van der Waals surface area contributed by atoms with Crippen molar-refractivity contribution in [1.29, 1.82) is 0 Å². The van der Waals surface area contributed by atoms with E-state index >= 15 is 0 Å². The zero-order valence-electron chi connectivity index (χ0n) is 19.3. The molecule has 4 rings (SSSR count). The van der Waals surface area contributed by atoms with E-state index in [4.69, 9.17) is 5.11 Å². The molecule has 0 radical (unpaired) electrons. The zero-order valence-corrected chi connectivity index (χ0v) is 20.1. The molecule has 1 unspecified atom stereocenters. The predicted molar refractivity (Wildman–Crippen MR) is 141 cm³/mol. The highest BCUT2D eigenvalue weighted by atomic mass is 32.2. The summed E-state index contributed by atoms with van der Waals surface area (Å²) in [7, 11) is 0. The molecule has 7 nitrogen and oxygen atoms in total. The van der Waals surface area contributed by atoms with Crippen LogP contribution < -0.4 is 10.6 Å². The van der Waals surface area contributed by atoms with Gasteiger partial charge in [-0.15, -0.1) is 11.8 Å². The number of hydrogen-bond acceptors (Lipinski definition) is 4. The van der Waals surface area contributed by atoms with Gasteiger partial charge in [0, 0.05) is 56.8 Å². The number of carboxylic acids is 1. The highest BCUT2D eigenvalue weighted by molar-refractivity contribution is 8.00. The lowest BCUT2D eigenvalue weighted by Crippen LogP contribution is -2.22. The SMILES string of the molecule is CCn1c2ccccc2c2cc(NC(=O)C(C)Sc3ccc(NC(=O)/C=C/C(=O)O)cc3)ccc21. The maximum absolute atomic E-state index is 12.9. The smallest absolute Gasteiger partial charge is 0.328 e. The normalized spacial score (nSPS) is 12.2. The summed E-state index contributed by atoms with van der Waals surface area (Å²) in [6.07, 6.45) is 1.73. The van der Waals surface area contributed by atoms with E-state index in [0.717, 1.165) is 45.6 Å². The van der Waals surface area contributed by atoms with E-state index in [1.54, 1.807) is 24.3 Å². The van der Waals surface area contributed by atoms with Gasteiger partial charge in [-0.3, -0.25) is 9.59 Å². The topological polar surface area (TPSA) is 100 Å². The van der Waals surface area contributed by atoms with Crippen molar-refractivity contribution in [3.8, 4) is 0 Å². The lowest BCUT2D eigenvalue weighted by Gasteiger charge is -2.13. The minimum Gasteiger partial charge on any atom is -0.478 e. The molecule has 0 fully saturated rings. The van der Waals surface area contributed by atoms with Crippen molar-refractivity contribution in [2.75, 3.05) is 10.6 Å². The molecule has 0 saturated carbocycles. The summed E-state index contributed by atoms with van der Waals surface area (Å²) in [4.78, 5) is 35.9. The minimum absolute atomic E-state index is 0.107. The number of anilines is 2. The van der Waals surface area contributed by atoms with E-state index in [9.17, 15) is 14.4 Å². The van der Waals surface area contributed by atoms with Gasteiger partial charge in [0.25, 0.3) is 0 Å². The van der Waals surface area contributed by atoms with E-state index in [2.05, 4.69) is 34.3 Å². The molecule has 0 aliphatic heterocycles. The largest absolute Gasteiger partial charge is 0.478 e. The number of para-hydroxylation sites is 1. The summed E-state index contributed by atoms with van der Waals surface area (Å²) in [6.45, 7) is 4.83. The van der Waals surface area contributed by atoms with Gasteiger partial charge in [-0.1, -0.05) is 18.2 Å². The first kappa shape index (κ1) is 24.1. The Hall–Kier alpha value is -4.04. The van der Waals surface area contributed by atoms with Crippen LogP contribution >= 0.6 is 11.8 Å². The number of rotatable bonds is 8. The van der Waals surface area contributed by atoms with Crippen molar-refractivity contribution in [1.82, 2.24) is 4.57 Å². The molecule has 8 heteroatoms. The number of fused-ring (bicyclic) bond motifs is 3. The summed E-state index contributed by atoms with van der Waals surface area (Å²) in [5.74, 6) is -1.82. The van der Waals surface area contributed by atoms with Gasteiger partial charge in [-0.25, -0.2) is 4.79 Å². The highest BCUT2D eigenvalue weighted by Gasteiger charge is 2.16. The third-order valence-corrected chi connectivity index (χ3v) is 6.65. The van der Waals surface area contributed by atoms with Gasteiger partial charge in [-0.2, -0.15) is 0 Å². The van der Waals surface area contributed by atoms with Crippen molar-refractivity contribution < 1.29 is 19.5 Å². The molecule has 178 valence electrons. The minimum atomic E-state index is -1.19. The zero-order chi connectivity index (χ0) is 24.9. The molecule has 0 aliphatic carbocycles. The van der Waals surface area contributed by atoms with Crippen LogP contribution in [-0.4, -0.2) is 32.7 Å². The van der Waals surface area contributed by atoms with Gasteiger partial charge in [0.05, 0.1) is 5.25 Å². The van der Waals surface area contributed by atoms with Crippen LogP contribution in [0.3, 0.4) is 0 Å². The van der Waals surface area contributed by atoms with Crippen LogP contribution in [-0.2, 0) is 20.9 Å². The summed E-state index contributed by atoms with van der Waals surface area (Å²) in [5.41, 5.74) is 3.60. The van der Waals surface area contributed by atoms with Gasteiger partial charge >= 0.3 is 5.97 Å². The average Bonchev–Trinajstić information content (AvgIpc) is 3.17. The molecular formula is C27H25N3O4S. The molecule has 3 N–H and O–H groups in total. The van der Waals surface area contributed by atoms with E-state index in [0.29, 0.717) is 5.69 Å². The monoisotopic (exact) mass is 487 g/mol. The van der Waals surface area contributed by atoms with E-state index < -0.39 is 11.9 Å². The van der Waals surface area contributed by atoms with E-state index in [-0.39, 0.29) is 11.2 Å². The lowest BCUT2D eigenvalue weighted by molar-refractivity contribution is -0.131. The number of carbonyl (C=O) groups is 3. The van der Waals surface area contributed by atoms with Crippen LogP contribution in [0, 0.1) is 0 Å². The van der Waals surface area contributed by atoms with Crippen LogP contribution in [0.1, 0.15) is 13.8 Å². The average molecular weight is 488 g/mol. The Bertz CT molecular complexity index is 1440. The standard InChI is InChI=1S/C27H25N3O4S/c1-3-30-23-7-5-4-6-21(23)22-16-19(10-13-24(22)30)29-27(34)17(2)35-20-11-8-18(9-12-20)28-25(31)14-15-26(32)33/h4-17H,3H2,1-2H3,(H,28,31)(H,29,34)(H,32,33)/b15-14+. The second kappa shape index (κ2) is 10.5. The Balaban J connectivity index is 1.42. The maximum atomic E-state index is 12.9. The van der Waals surface area contributed by atoms with E-state index in [1.165, 1.54) is 17.3 Å². The summed E-state index contributed by atoms with van der Waals surface area (Å²) < 4.78 is 2.27. The van der Waals surface area contributed by atoms with Crippen LogP contribution in [0.4, 0.5) is 11.4 Å².